The lowest BCUT2D eigenvalue weighted by Crippen LogP contribution is -2.08. The highest BCUT2D eigenvalue weighted by molar-refractivity contribution is 5.72. The fourth-order valence-corrected chi connectivity index (χ4v) is 1.80. The number of aryl methyl sites for hydroxylation is 1. The van der Waals surface area contributed by atoms with Crippen molar-refractivity contribution < 1.29 is 9.53 Å². The summed E-state index contributed by atoms with van der Waals surface area (Å²) in [6.07, 6.45) is 2.09. The van der Waals surface area contributed by atoms with Crippen LogP contribution in [0.4, 0.5) is 5.69 Å². The normalized spacial score (nSPS) is 10.1. The number of nitrogen functional groups attached to an aromatic ring is 1. The Bertz CT molecular complexity index is 520. The Morgan fingerprint density at radius 3 is 2.37 bits per heavy atom. The third-order valence-corrected chi connectivity index (χ3v) is 2.80. The van der Waals surface area contributed by atoms with Gasteiger partial charge in [-0.15, -0.1) is 0 Å². The van der Waals surface area contributed by atoms with E-state index in [1.807, 2.05) is 18.2 Å². The first kappa shape index (κ1) is 13.1. The van der Waals surface area contributed by atoms with E-state index in [0.29, 0.717) is 17.9 Å². The van der Waals surface area contributed by atoms with Crippen molar-refractivity contribution in [1.29, 1.82) is 0 Å². The molecule has 0 heterocycles. The van der Waals surface area contributed by atoms with Gasteiger partial charge in [0.15, 0.2) is 0 Å². The van der Waals surface area contributed by atoms with Crippen LogP contribution in [0.2, 0.25) is 0 Å². The summed E-state index contributed by atoms with van der Waals surface area (Å²) in [6, 6.07) is 16.9. The van der Waals surface area contributed by atoms with E-state index < -0.39 is 0 Å². The first-order valence-electron chi connectivity index (χ1n) is 6.34. The molecule has 0 amide bonds. The molecule has 3 heteroatoms. The smallest absolute Gasteiger partial charge is 0.311 e. The van der Waals surface area contributed by atoms with Gasteiger partial charge in [0, 0.05) is 12.1 Å². The molecule has 0 radical (unpaired) electrons. The molecule has 0 aliphatic carbocycles. The van der Waals surface area contributed by atoms with Crippen molar-refractivity contribution in [1.82, 2.24) is 0 Å². The molecule has 2 aromatic carbocycles. The maximum absolute atomic E-state index is 11.6. The van der Waals surface area contributed by atoms with Gasteiger partial charge in [-0.25, -0.2) is 0 Å². The fraction of sp³-hybridized carbons (Fsp3) is 0.188. The second kappa shape index (κ2) is 6.59. The van der Waals surface area contributed by atoms with Crippen molar-refractivity contribution in [2.45, 2.75) is 19.3 Å². The first-order valence-corrected chi connectivity index (χ1v) is 6.34. The number of esters is 1. The van der Waals surface area contributed by atoms with E-state index in [4.69, 9.17) is 10.5 Å². The average molecular weight is 255 g/mol. The van der Waals surface area contributed by atoms with Crippen molar-refractivity contribution in [3.05, 3.63) is 60.2 Å². The van der Waals surface area contributed by atoms with Crippen molar-refractivity contribution in [2.75, 3.05) is 5.73 Å². The number of ether oxygens (including phenoxy) is 1. The number of hydrogen-bond acceptors (Lipinski definition) is 3. The van der Waals surface area contributed by atoms with Crippen LogP contribution in [0.15, 0.2) is 54.6 Å². The Balaban J connectivity index is 1.74. The van der Waals surface area contributed by atoms with Crippen molar-refractivity contribution in [3.63, 3.8) is 0 Å². The summed E-state index contributed by atoms with van der Waals surface area (Å²) in [4.78, 5) is 11.6. The highest BCUT2D eigenvalue weighted by Crippen LogP contribution is 2.14. The van der Waals surface area contributed by atoms with E-state index in [0.717, 1.165) is 12.8 Å². The Morgan fingerprint density at radius 1 is 1.00 bits per heavy atom. The lowest BCUT2D eigenvalue weighted by molar-refractivity contribution is -0.134. The van der Waals surface area contributed by atoms with Crippen LogP contribution in [0.3, 0.4) is 0 Å². The van der Waals surface area contributed by atoms with E-state index >= 15 is 0 Å². The molecule has 0 bridgehead atoms. The minimum atomic E-state index is -0.208. The molecule has 2 aromatic rings. The van der Waals surface area contributed by atoms with Crippen LogP contribution in [-0.2, 0) is 11.2 Å². The number of hydrogen-bond donors (Lipinski definition) is 1. The van der Waals surface area contributed by atoms with Crippen molar-refractivity contribution in [2.24, 2.45) is 0 Å². The zero-order valence-electron chi connectivity index (χ0n) is 10.7. The van der Waals surface area contributed by atoms with Gasteiger partial charge in [-0.05, 0) is 42.7 Å². The van der Waals surface area contributed by atoms with Crippen molar-refractivity contribution in [3.8, 4) is 5.75 Å². The largest absolute Gasteiger partial charge is 0.427 e. The van der Waals surface area contributed by atoms with E-state index in [1.54, 1.807) is 24.3 Å². The molecule has 0 fully saturated rings. The molecule has 0 aromatic heterocycles. The van der Waals surface area contributed by atoms with E-state index in [9.17, 15) is 4.79 Å². The molecule has 2 N–H and O–H groups in total. The van der Waals surface area contributed by atoms with Crippen molar-refractivity contribution >= 4 is 11.7 Å². The zero-order valence-corrected chi connectivity index (χ0v) is 10.7. The van der Waals surface area contributed by atoms with Crippen LogP contribution in [-0.4, -0.2) is 5.97 Å². The van der Waals surface area contributed by atoms with Gasteiger partial charge in [0.1, 0.15) is 5.75 Å². The number of carbonyl (C=O) groups is 1. The molecule has 98 valence electrons. The standard InChI is InChI=1S/C16H17NO2/c17-14-9-11-15(12-10-14)19-16(18)8-4-7-13-5-2-1-3-6-13/h1-3,5-6,9-12H,4,7-8,17H2. The fourth-order valence-electron chi connectivity index (χ4n) is 1.80. The lowest BCUT2D eigenvalue weighted by Gasteiger charge is -2.04. The van der Waals surface area contributed by atoms with Crippen LogP contribution in [0.1, 0.15) is 18.4 Å². The Hall–Kier alpha value is -2.29. The van der Waals surface area contributed by atoms with E-state index in [-0.39, 0.29) is 5.97 Å². The summed E-state index contributed by atoms with van der Waals surface area (Å²) in [6.45, 7) is 0. The Kier molecular flexibility index (Phi) is 4.56. The van der Waals surface area contributed by atoms with Gasteiger partial charge in [0.05, 0.1) is 0 Å². The van der Waals surface area contributed by atoms with Gasteiger partial charge in [-0.3, -0.25) is 4.79 Å². The SMILES string of the molecule is Nc1ccc(OC(=O)CCCc2ccccc2)cc1. The summed E-state index contributed by atoms with van der Waals surface area (Å²) in [7, 11) is 0. The predicted molar refractivity (Wildman–Crippen MR) is 75.9 cm³/mol. The molecule has 0 aliphatic heterocycles. The van der Waals surface area contributed by atoms with Gasteiger partial charge in [0.2, 0.25) is 0 Å². The Labute approximate surface area is 113 Å². The second-order valence-electron chi connectivity index (χ2n) is 4.38. The second-order valence-corrected chi connectivity index (χ2v) is 4.38. The van der Waals surface area contributed by atoms with Gasteiger partial charge in [-0.2, -0.15) is 0 Å². The molecule has 2 rings (SSSR count). The summed E-state index contributed by atoms with van der Waals surface area (Å²) < 4.78 is 5.21. The lowest BCUT2D eigenvalue weighted by atomic mass is 10.1. The van der Waals surface area contributed by atoms with Gasteiger partial charge >= 0.3 is 5.97 Å². The molecule has 19 heavy (non-hydrogen) atoms. The number of carbonyl (C=O) groups excluding carboxylic acids is 1. The summed E-state index contributed by atoms with van der Waals surface area (Å²) >= 11 is 0. The molecular weight excluding hydrogens is 238 g/mol. The molecule has 0 spiro atoms. The maximum Gasteiger partial charge on any atom is 0.311 e. The first-order chi connectivity index (χ1) is 9.24. The molecule has 0 atom stereocenters. The van der Waals surface area contributed by atoms with E-state index in [2.05, 4.69) is 12.1 Å². The number of nitrogens with two attached hydrogens (primary N) is 1. The number of benzene rings is 2. The van der Waals surface area contributed by atoms with E-state index in [1.165, 1.54) is 5.56 Å². The highest BCUT2D eigenvalue weighted by atomic mass is 16.5. The Morgan fingerprint density at radius 2 is 1.68 bits per heavy atom. The maximum atomic E-state index is 11.6. The summed E-state index contributed by atoms with van der Waals surface area (Å²) in [5, 5.41) is 0. The molecule has 0 unspecified atom stereocenters. The number of anilines is 1. The molecule has 3 nitrogen and oxygen atoms in total. The number of rotatable bonds is 5. The topological polar surface area (TPSA) is 52.3 Å². The van der Waals surface area contributed by atoms with Gasteiger partial charge in [0.25, 0.3) is 0 Å². The monoisotopic (exact) mass is 255 g/mol. The molecule has 0 saturated carbocycles. The van der Waals surface area contributed by atoms with Gasteiger partial charge in [-0.1, -0.05) is 30.3 Å². The highest BCUT2D eigenvalue weighted by Gasteiger charge is 2.04. The third-order valence-electron chi connectivity index (χ3n) is 2.80. The summed E-state index contributed by atoms with van der Waals surface area (Å²) in [5.41, 5.74) is 7.46. The van der Waals surface area contributed by atoms with Crippen LogP contribution in [0.5, 0.6) is 5.75 Å². The van der Waals surface area contributed by atoms with Crippen LogP contribution < -0.4 is 10.5 Å². The average Bonchev–Trinajstić information content (AvgIpc) is 2.43. The molecule has 0 saturated heterocycles. The molecular formula is C16H17NO2. The van der Waals surface area contributed by atoms with Crippen LogP contribution in [0, 0.1) is 0 Å². The predicted octanol–water partition coefficient (Wildman–Crippen LogP) is 3.20. The zero-order chi connectivity index (χ0) is 13.5. The van der Waals surface area contributed by atoms with Crippen LogP contribution in [0.25, 0.3) is 0 Å². The quantitative estimate of drug-likeness (QED) is 0.507. The van der Waals surface area contributed by atoms with Crippen LogP contribution >= 0.6 is 0 Å². The third kappa shape index (κ3) is 4.47. The molecule has 0 aliphatic rings. The van der Waals surface area contributed by atoms with Gasteiger partial charge < -0.3 is 10.5 Å². The minimum absolute atomic E-state index is 0.208. The minimum Gasteiger partial charge on any atom is -0.427 e. The summed E-state index contributed by atoms with van der Waals surface area (Å²) in [5.74, 6) is 0.333.